The molecule has 132 valence electrons. The first-order valence-corrected chi connectivity index (χ1v) is 9.53. The van der Waals surface area contributed by atoms with Crippen molar-refractivity contribution in [3.8, 4) is 0 Å². The number of para-hydroxylation sites is 1. The lowest BCUT2D eigenvalue weighted by Gasteiger charge is -2.33. The monoisotopic (exact) mass is 338 g/mol. The summed E-state index contributed by atoms with van der Waals surface area (Å²) in [5.41, 5.74) is 0.991. The molecule has 1 aliphatic carbocycles. The van der Waals surface area contributed by atoms with Crippen LogP contribution in [0.3, 0.4) is 0 Å². The van der Waals surface area contributed by atoms with Crippen LogP contribution in [0.25, 0.3) is 10.9 Å². The van der Waals surface area contributed by atoms with Crippen LogP contribution in [0.5, 0.6) is 0 Å². The number of hydrogen-bond donors (Lipinski definition) is 1. The summed E-state index contributed by atoms with van der Waals surface area (Å²) in [6.45, 7) is 1.92. The quantitative estimate of drug-likeness (QED) is 0.929. The molecule has 0 spiro atoms. The molecule has 1 aromatic heterocycles. The zero-order chi connectivity index (χ0) is 17.1. The summed E-state index contributed by atoms with van der Waals surface area (Å²) in [6, 6.07) is 8.59. The molecule has 5 nitrogen and oxygen atoms in total. The Hall–Kier alpha value is -2.17. The van der Waals surface area contributed by atoms with Crippen LogP contribution in [0.4, 0.5) is 5.82 Å². The van der Waals surface area contributed by atoms with E-state index >= 15 is 0 Å². The first-order chi connectivity index (χ1) is 12.3. The molecule has 2 heterocycles. The molecule has 4 rings (SSSR count). The Morgan fingerprint density at radius 2 is 1.84 bits per heavy atom. The Labute approximate surface area is 148 Å². The topological polar surface area (TPSA) is 58.1 Å². The molecule has 0 atom stereocenters. The summed E-state index contributed by atoms with van der Waals surface area (Å²) in [5.74, 6) is 1.77. The number of nitrogens with zero attached hydrogens (tertiary/aromatic N) is 3. The zero-order valence-electron chi connectivity index (χ0n) is 14.7. The molecule has 0 unspecified atom stereocenters. The van der Waals surface area contributed by atoms with E-state index in [1.54, 1.807) is 6.33 Å². The van der Waals surface area contributed by atoms with Crippen LogP contribution in [0.2, 0.25) is 0 Å². The third-order valence-corrected chi connectivity index (χ3v) is 5.63. The van der Waals surface area contributed by atoms with Crippen molar-refractivity contribution in [3.05, 3.63) is 30.6 Å². The van der Waals surface area contributed by atoms with Gasteiger partial charge < -0.3 is 10.2 Å². The number of amides is 1. The van der Waals surface area contributed by atoms with Crippen molar-refractivity contribution in [2.45, 2.75) is 51.0 Å². The molecule has 25 heavy (non-hydrogen) atoms. The Morgan fingerprint density at radius 1 is 1.08 bits per heavy atom. The molecule has 1 N–H and O–H groups in total. The minimum Gasteiger partial charge on any atom is -0.356 e. The summed E-state index contributed by atoms with van der Waals surface area (Å²) < 4.78 is 0. The van der Waals surface area contributed by atoms with E-state index in [9.17, 15) is 4.79 Å². The van der Waals surface area contributed by atoms with Crippen molar-refractivity contribution < 1.29 is 4.79 Å². The van der Waals surface area contributed by atoms with Crippen LogP contribution >= 0.6 is 0 Å². The van der Waals surface area contributed by atoms with E-state index in [0.29, 0.717) is 18.4 Å². The van der Waals surface area contributed by atoms with Gasteiger partial charge in [-0.3, -0.25) is 4.79 Å². The fourth-order valence-corrected chi connectivity index (χ4v) is 4.21. The minimum atomic E-state index is 0.248. The third kappa shape index (κ3) is 3.75. The number of nitrogens with one attached hydrogen (secondary N) is 1. The van der Waals surface area contributed by atoms with Crippen LogP contribution in [0.15, 0.2) is 30.6 Å². The molecule has 5 heteroatoms. The van der Waals surface area contributed by atoms with Crippen molar-refractivity contribution in [1.29, 1.82) is 0 Å². The molecule has 2 fully saturated rings. The third-order valence-electron chi connectivity index (χ3n) is 5.63. The minimum absolute atomic E-state index is 0.248. The van der Waals surface area contributed by atoms with Crippen molar-refractivity contribution >= 4 is 22.6 Å². The number of anilines is 1. The van der Waals surface area contributed by atoms with E-state index in [1.165, 1.54) is 12.8 Å². The number of piperidine rings is 1. The van der Waals surface area contributed by atoms with Crippen molar-refractivity contribution in [2.24, 2.45) is 5.92 Å². The number of hydrogen-bond acceptors (Lipinski definition) is 4. The first kappa shape index (κ1) is 16.3. The number of rotatable bonds is 4. The van der Waals surface area contributed by atoms with Gasteiger partial charge in [0.2, 0.25) is 5.91 Å². The van der Waals surface area contributed by atoms with E-state index < -0.39 is 0 Å². The summed E-state index contributed by atoms with van der Waals surface area (Å²) in [6.07, 6.45) is 9.27. The van der Waals surface area contributed by atoms with Crippen LogP contribution in [-0.4, -0.2) is 35.0 Å². The van der Waals surface area contributed by atoms with E-state index in [2.05, 4.69) is 26.3 Å². The predicted molar refractivity (Wildman–Crippen MR) is 99.5 cm³/mol. The highest BCUT2D eigenvalue weighted by molar-refractivity contribution is 5.89. The molecule has 0 bridgehead atoms. The predicted octanol–water partition coefficient (Wildman–Crippen LogP) is 3.30. The fourth-order valence-electron chi connectivity index (χ4n) is 4.21. The molecule has 1 aromatic carbocycles. The molecule has 1 saturated heterocycles. The van der Waals surface area contributed by atoms with Crippen LogP contribution < -0.4 is 10.2 Å². The average molecular weight is 338 g/mol. The summed E-state index contributed by atoms with van der Waals surface area (Å²) >= 11 is 0. The zero-order valence-corrected chi connectivity index (χ0v) is 14.7. The van der Waals surface area contributed by atoms with E-state index in [-0.39, 0.29) is 5.91 Å². The van der Waals surface area contributed by atoms with Gasteiger partial charge in [0.15, 0.2) is 0 Å². The smallest absolute Gasteiger partial charge is 0.220 e. The normalized spacial score (nSPS) is 19.4. The molecular formula is C20H26N4O. The molecule has 2 aromatic rings. The van der Waals surface area contributed by atoms with Gasteiger partial charge in [-0.2, -0.15) is 0 Å². The Morgan fingerprint density at radius 3 is 2.64 bits per heavy atom. The van der Waals surface area contributed by atoms with Crippen molar-refractivity contribution in [2.75, 3.05) is 18.0 Å². The standard InChI is InChI=1S/C20H26N4O/c25-19(23-16-5-1-2-6-16)13-15-9-11-24(12-10-15)20-17-7-3-4-8-18(17)21-14-22-20/h3-4,7-8,14-16H,1-2,5-6,9-13H2,(H,23,25). The maximum Gasteiger partial charge on any atom is 0.220 e. The summed E-state index contributed by atoms with van der Waals surface area (Å²) in [5, 5.41) is 4.33. The largest absolute Gasteiger partial charge is 0.356 e. The second kappa shape index (κ2) is 7.38. The van der Waals surface area contributed by atoms with Gasteiger partial charge in [-0.1, -0.05) is 25.0 Å². The van der Waals surface area contributed by atoms with Gasteiger partial charge in [-0.25, -0.2) is 9.97 Å². The van der Waals surface area contributed by atoms with Gasteiger partial charge in [-0.15, -0.1) is 0 Å². The Bertz CT molecular complexity index is 728. The SMILES string of the molecule is O=C(CC1CCN(c2ncnc3ccccc23)CC1)NC1CCCC1. The molecule has 1 amide bonds. The van der Waals surface area contributed by atoms with E-state index in [4.69, 9.17) is 0 Å². The van der Waals surface area contributed by atoms with Gasteiger partial charge in [0, 0.05) is 30.9 Å². The summed E-state index contributed by atoms with van der Waals surface area (Å²) in [4.78, 5) is 23.5. The van der Waals surface area contributed by atoms with E-state index in [1.807, 2.05) is 18.2 Å². The molecule has 0 radical (unpaired) electrons. The lowest BCUT2D eigenvalue weighted by Crippen LogP contribution is -2.38. The van der Waals surface area contributed by atoms with Gasteiger partial charge in [0.25, 0.3) is 0 Å². The average Bonchev–Trinajstić information content (AvgIpc) is 3.15. The lowest BCUT2D eigenvalue weighted by atomic mass is 9.93. The second-order valence-corrected chi connectivity index (χ2v) is 7.40. The molecule has 1 saturated carbocycles. The number of carbonyl (C=O) groups is 1. The highest BCUT2D eigenvalue weighted by Crippen LogP contribution is 2.28. The number of fused-ring (bicyclic) bond motifs is 1. The first-order valence-electron chi connectivity index (χ1n) is 9.53. The van der Waals surface area contributed by atoms with Gasteiger partial charge in [-0.05, 0) is 43.7 Å². The van der Waals surface area contributed by atoms with Crippen LogP contribution in [-0.2, 0) is 4.79 Å². The van der Waals surface area contributed by atoms with Crippen LogP contribution in [0.1, 0.15) is 44.9 Å². The maximum atomic E-state index is 12.2. The fraction of sp³-hybridized carbons (Fsp3) is 0.550. The van der Waals surface area contributed by atoms with Crippen molar-refractivity contribution in [1.82, 2.24) is 15.3 Å². The maximum absolute atomic E-state index is 12.2. The lowest BCUT2D eigenvalue weighted by molar-refractivity contribution is -0.122. The van der Waals surface area contributed by atoms with Gasteiger partial charge in [0.05, 0.1) is 5.52 Å². The highest BCUT2D eigenvalue weighted by Gasteiger charge is 2.25. The van der Waals surface area contributed by atoms with Gasteiger partial charge >= 0.3 is 0 Å². The van der Waals surface area contributed by atoms with Crippen molar-refractivity contribution in [3.63, 3.8) is 0 Å². The number of benzene rings is 1. The molecule has 2 aliphatic rings. The Balaban J connectivity index is 1.34. The highest BCUT2D eigenvalue weighted by atomic mass is 16.1. The molecule has 1 aliphatic heterocycles. The van der Waals surface area contributed by atoms with Crippen LogP contribution in [0, 0.1) is 5.92 Å². The number of carbonyl (C=O) groups excluding carboxylic acids is 1. The number of aromatic nitrogens is 2. The van der Waals surface area contributed by atoms with Gasteiger partial charge in [0.1, 0.15) is 12.1 Å². The second-order valence-electron chi connectivity index (χ2n) is 7.40. The van der Waals surface area contributed by atoms with E-state index in [0.717, 1.165) is 55.5 Å². The molecular weight excluding hydrogens is 312 g/mol. The Kier molecular flexibility index (Phi) is 4.81. The summed E-state index contributed by atoms with van der Waals surface area (Å²) in [7, 11) is 0.